The molecule has 0 amide bonds. The molecule has 1 spiro atoms. The molecule has 1 aliphatic heterocycles. The third-order valence-corrected chi connectivity index (χ3v) is 10.2. The van der Waals surface area contributed by atoms with Crippen molar-refractivity contribution in [2.24, 2.45) is 34.5 Å². The first kappa shape index (κ1) is 25.1. The molecule has 5 rings (SSSR count). The van der Waals surface area contributed by atoms with E-state index in [0.717, 1.165) is 31.3 Å². The van der Waals surface area contributed by atoms with Gasteiger partial charge < -0.3 is 40.1 Å². The second-order valence-electron chi connectivity index (χ2n) is 11.8. The number of carbonyl (C=O) groups is 2. The largest absolute Gasteiger partial charge is 0.481 e. The lowest BCUT2D eigenvalue weighted by Gasteiger charge is -2.62. The third-order valence-electron chi connectivity index (χ3n) is 10.2. The summed E-state index contributed by atoms with van der Waals surface area (Å²) in [6.45, 7) is 6.25. The second-order valence-corrected chi connectivity index (χ2v) is 11.8. The summed E-state index contributed by atoms with van der Waals surface area (Å²) in [5.74, 6) is -2.88. The highest BCUT2D eigenvalue weighted by Crippen LogP contribution is 2.70. The van der Waals surface area contributed by atoms with E-state index in [0.29, 0.717) is 18.8 Å². The van der Waals surface area contributed by atoms with Gasteiger partial charge in [0.2, 0.25) is 0 Å². The van der Waals surface area contributed by atoms with Gasteiger partial charge in [-0.15, -0.1) is 0 Å². The summed E-state index contributed by atoms with van der Waals surface area (Å²) < 4.78 is 11.3. The number of ether oxygens (including phenoxy) is 2. The minimum Gasteiger partial charge on any atom is -0.481 e. The van der Waals surface area contributed by atoms with Crippen LogP contribution in [0.4, 0.5) is 0 Å². The minimum atomic E-state index is -1.83. The monoisotopic (exact) mass is 496 g/mol. The molecule has 4 saturated carbocycles. The Bertz CT molecular complexity index is 907. The van der Waals surface area contributed by atoms with Gasteiger partial charge >= 0.3 is 11.9 Å². The van der Waals surface area contributed by atoms with E-state index in [-0.39, 0.29) is 23.7 Å². The van der Waals surface area contributed by atoms with Gasteiger partial charge in [0.25, 0.3) is 0 Å². The van der Waals surface area contributed by atoms with E-state index in [2.05, 4.69) is 13.5 Å². The number of carboxylic acid groups (broad SMARTS) is 2. The second kappa shape index (κ2) is 8.49. The Morgan fingerprint density at radius 3 is 2.37 bits per heavy atom. The van der Waals surface area contributed by atoms with Crippen LogP contribution in [0, 0.1) is 34.5 Å². The third kappa shape index (κ3) is 3.59. The zero-order valence-electron chi connectivity index (χ0n) is 19.8. The number of fused-ring (bicyclic) bond motifs is 3. The van der Waals surface area contributed by atoms with Gasteiger partial charge in [0.05, 0.1) is 18.1 Å². The Morgan fingerprint density at radius 1 is 1.00 bits per heavy atom. The molecule has 10 nitrogen and oxygen atoms in total. The summed E-state index contributed by atoms with van der Waals surface area (Å²) in [4.78, 5) is 23.9. The number of hydrogen-bond acceptors (Lipinski definition) is 8. The normalized spacial score (nSPS) is 53.5. The number of rotatable bonds is 4. The van der Waals surface area contributed by atoms with Crippen molar-refractivity contribution in [3.8, 4) is 0 Å². The molecule has 5 fully saturated rings. The van der Waals surface area contributed by atoms with E-state index in [1.165, 1.54) is 0 Å². The van der Waals surface area contributed by atoms with Crippen molar-refractivity contribution in [2.75, 3.05) is 0 Å². The van der Waals surface area contributed by atoms with Gasteiger partial charge in [-0.3, -0.25) is 4.79 Å². The van der Waals surface area contributed by atoms with Crippen LogP contribution in [-0.4, -0.2) is 85.5 Å². The average Bonchev–Trinajstić information content (AvgIpc) is 2.97. The summed E-state index contributed by atoms with van der Waals surface area (Å²) in [6.07, 6.45) is -5.21. The van der Waals surface area contributed by atoms with Gasteiger partial charge in [-0.2, -0.15) is 0 Å². The van der Waals surface area contributed by atoms with Crippen molar-refractivity contribution in [2.45, 2.75) is 94.8 Å². The average molecular weight is 497 g/mol. The Kier molecular flexibility index (Phi) is 6.09. The number of aliphatic hydroxyl groups is 4. The van der Waals surface area contributed by atoms with Crippen LogP contribution in [0.25, 0.3) is 0 Å². The van der Waals surface area contributed by atoms with Crippen LogP contribution in [0.3, 0.4) is 0 Å². The summed E-state index contributed by atoms with van der Waals surface area (Å²) >= 11 is 0. The maximum absolute atomic E-state index is 12.4. The van der Waals surface area contributed by atoms with Gasteiger partial charge in [0.1, 0.15) is 18.3 Å². The van der Waals surface area contributed by atoms with Gasteiger partial charge in [0.15, 0.2) is 12.4 Å². The topological polar surface area (TPSA) is 174 Å². The zero-order valence-corrected chi connectivity index (χ0v) is 19.8. The molecule has 0 aromatic heterocycles. The highest BCUT2D eigenvalue weighted by atomic mass is 16.7. The molecule has 0 aromatic carbocycles. The van der Waals surface area contributed by atoms with E-state index in [1.54, 1.807) is 0 Å². The Hall–Kier alpha value is -1.56. The molecule has 2 bridgehead atoms. The Labute approximate surface area is 203 Å². The highest BCUT2D eigenvalue weighted by molar-refractivity contribution is 5.73. The standard InChI is InChI=1S/C25H36O10/c1-10-11-3-4-15-24(2)9-12(34-23-18(28)16(26)17(27)19(35-23)22(32)33)7-13(21(30)31)14(24)5-6-25(15,8-11)20(10)29/h11-20,23,26-29H,1,3-9H2,2H3,(H,30,31)(H,32,33)/t11-,12-,13-,14-,15+,16+,17+,18-,19+,20+,23-,24-,25-/m1/s1. The van der Waals surface area contributed by atoms with Crippen molar-refractivity contribution in [1.82, 2.24) is 0 Å². The lowest BCUT2D eigenvalue weighted by molar-refractivity contribution is -0.313. The summed E-state index contributed by atoms with van der Waals surface area (Å²) in [5.41, 5.74) is 0.0928. The molecule has 1 heterocycles. The molecule has 0 radical (unpaired) electrons. The molecule has 0 unspecified atom stereocenters. The number of hydrogen-bond donors (Lipinski definition) is 6. The van der Waals surface area contributed by atoms with Gasteiger partial charge in [-0.1, -0.05) is 13.5 Å². The van der Waals surface area contributed by atoms with E-state index in [1.807, 2.05) is 0 Å². The molecule has 35 heavy (non-hydrogen) atoms. The molecule has 6 N–H and O–H groups in total. The lowest BCUT2D eigenvalue weighted by atomic mass is 9.43. The molecule has 13 atom stereocenters. The SMILES string of the molecule is C=C1[C@@H]2CC[C@H]3[C@]4(C)C[C@H](O[C@@H]5O[C@H](C(=O)O)[C@@H](O)[C@H](O)[C@H]5O)C[C@@H](C(=O)O)[C@H]4CC[C@]3(C2)[C@H]1O. The smallest absolute Gasteiger partial charge is 0.335 e. The molecular weight excluding hydrogens is 460 g/mol. The summed E-state index contributed by atoms with van der Waals surface area (Å²) in [7, 11) is 0. The fraction of sp³-hybridized carbons (Fsp3) is 0.840. The van der Waals surface area contributed by atoms with Gasteiger partial charge in [0, 0.05) is 5.41 Å². The maximum Gasteiger partial charge on any atom is 0.335 e. The van der Waals surface area contributed by atoms with Gasteiger partial charge in [-0.05, 0) is 73.7 Å². The minimum absolute atomic E-state index is 0.0730. The maximum atomic E-state index is 12.4. The van der Waals surface area contributed by atoms with E-state index in [9.17, 15) is 40.2 Å². The summed E-state index contributed by atoms with van der Waals surface area (Å²) in [6, 6.07) is 0. The first-order valence-electron chi connectivity index (χ1n) is 12.6. The quantitative estimate of drug-likeness (QED) is 0.238. The first-order chi connectivity index (χ1) is 16.4. The number of aliphatic hydroxyl groups excluding tert-OH is 4. The molecule has 0 aromatic rings. The molecule has 1 saturated heterocycles. The number of carboxylic acids is 2. The summed E-state index contributed by atoms with van der Waals surface area (Å²) in [5, 5.41) is 61.3. The predicted molar refractivity (Wildman–Crippen MR) is 119 cm³/mol. The van der Waals surface area contributed by atoms with Crippen molar-refractivity contribution >= 4 is 11.9 Å². The Balaban J connectivity index is 1.43. The van der Waals surface area contributed by atoms with Crippen molar-refractivity contribution in [1.29, 1.82) is 0 Å². The van der Waals surface area contributed by atoms with E-state index < -0.39 is 66.2 Å². The predicted octanol–water partition coefficient (Wildman–Crippen LogP) is 0.508. The van der Waals surface area contributed by atoms with Crippen molar-refractivity contribution in [3.63, 3.8) is 0 Å². The van der Waals surface area contributed by atoms with E-state index in [4.69, 9.17) is 9.47 Å². The molecule has 196 valence electrons. The first-order valence-corrected chi connectivity index (χ1v) is 12.6. The van der Waals surface area contributed by atoms with Crippen LogP contribution in [0.5, 0.6) is 0 Å². The fourth-order valence-electron chi connectivity index (χ4n) is 8.69. The highest BCUT2D eigenvalue weighted by Gasteiger charge is 2.67. The zero-order chi connectivity index (χ0) is 25.4. The van der Waals surface area contributed by atoms with Crippen LogP contribution < -0.4 is 0 Å². The molecular formula is C25H36O10. The lowest BCUT2D eigenvalue weighted by Crippen LogP contribution is -2.62. The van der Waals surface area contributed by atoms with Gasteiger partial charge in [-0.25, -0.2) is 4.79 Å². The van der Waals surface area contributed by atoms with Crippen LogP contribution in [0.2, 0.25) is 0 Å². The van der Waals surface area contributed by atoms with Crippen LogP contribution >= 0.6 is 0 Å². The van der Waals surface area contributed by atoms with Crippen molar-refractivity contribution in [3.05, 3.63) is 12.2 Å². The van der Waals surface area contributed by atoms with E-state index >= 15 is 0 Å². The molecule has 4 aliphatic carbocycles. The number of aliphatic carboxylic acids is 2. The van der Waals surface area contributed by atoms with Crippen LogP contribution in [0.1, 0.15) is 51.9 Å². The van der Waals surface area contributed by atoms with Crippen LogP contribution in [-0.2, 0) is 19.1 Å². The Morgan fingerprint density at radius 2 is 1.71 bits per heavy atom. The fourth-order valence-corrected chi connectivity index (χ4v) is 8.69. The van der Waals surface area contributed by atoms with Crippen molar-refractivity contribution < 1.29 is 49.7 Å². The molecule has 10 heteroatoms. The molecule has 5 aliphatic rings. The van der Waals surface area contributed by atoms with Crippen LogP contribution in [0.15, 0.2) is 12.2 Å².